The highest BCUT2D eigenvalue weighted by Gasteiger charge is 2.33. The predicted molar refractivity (Wildman–Crippen MR) is 161 cm³/mol. The number of aromatic nitrogens is 1. The van der Waals surface area contributed by atoms with Crippen LogP contribution in [0.3, 0.4) is 0 Å². The highest BCUT2D eigenvalue weighted by atomic mass is 32.1. The van der Waals surface area contributed by atoms with Crippen LogP contribution in [0.25, 0.3) is 6.08 Å². The third-order valence-electron chi connectivity index (χ3n) is 6.57. The van der Waals surface area contributed by atoms with E-state index in [0.29, 0.717) is 49.1 Å². The Hall–Kier alpha value is -4.89. The summed E-state index contributed by atoms with van der Waals surface area (Å²) in [6, 6.07) is 21.3. The van der Waals surface area contributed by atoms with Crippen molar-refractivity contribution in [1.29, 1.82) is 0 Å². The summed E-state index contributed by atoms with van der Waals surface area (Å²) >= 11 is 1.25. The lowest BCUT2D eigenvalue weighted by molar-refractivity contribution is -0.113. The molecule has 1 aromatic heterocycles. The Morgan fingerprint density at radius 2 is 1.85 bits per heavy atom. The van der Waals surface area contributed by atoms with Crippen LogP contribution in [0, 0.1) is 0 Å². The van der Waals surface area contributed by atoms with Crippen LogP contribution in [-0.4, -0.2) is 31.3 Å². The molecule has 41 heavy (non-hydrogen) atoms. The fourth-order valence-corrected chi connectivity index (χ4v) is 5.74. The summed E-state index contributed by atoms with van der Waals surface area (Å²) in [4.78, 5) is 33.0. The van der Waals surface area contributed by atoms with Crippen LogP contribution in [-0.2, 0) is 4.79 Å². The zero-order valence-corrected chi connectivity index (χ0v) is 23.7. The van der Waals surface area contributed by atoms with E-state index >= 15 is 0 Å². The Morgan fingerprint density at radius 1 is 1.07 bits per heavy atom. The first-order valence-electron chi connectivity index (χ1n) is 12.9. The number of fused-ring (bicyclic) bond motifs is 1. The van der Waals surface area contributed by atoms with Gasteiger partial charge in [-0.2, -0.15) is 0 Å². The molecule has 1 aliphatic heterocycles. The number of benzene rings is 3. The number of allylic oxidation sites excluding steroid dienone is 1. The molecular formula is C32H29N3O5S. The average Bonchev–Trinajstić information content (AvgIpc) is 3.29. The molecule has 5 rings (SSSR count). The number of nitrogens with one attached hydrogen (secondary N) is 1. The van der Waals surface area contributed by atoms with Crippen molar-refractivity contribution >= 4 is 29.0 Å². The lowest BCUT2D eigenvalue weighted by Gasteiger charge is -2.25. The third-order valence-corrected chi connectivity index (χ3v) is 7.55. The number of amides is 1. The quantitative estimate of drug-likeness (QED) is 0.302. The van der Waals surface area contributed by atoms with Gasteiger partial charge < -0.3 is 19.5 Å². The minimum atomic E-state index is -0.728. The normalized spacial score (nSPS) is 14.6. The first-order valence-corrected chi connectivity index (χ1v) is 13.7. The largest absolute Gasteiger partial charge is 0.497 e. The van der Waals surface area contributed by atoms with Gasteiger partial charge in [0.25, 0.3) is 11.5 Å². The predicted octanol–water partition coefficient (Wildman–Crippen LogP) is 4.46. The molecular weight excluding hydrogens is 538 g/mol. The molecule has 1 aliphatic rings. The molecule has 1 atom stereocenters. The van der Waals surface area contributed by atoms with E-state index in [-0.39, 0.29) is 18.1 Å². The zero-order valence-electron chi connectivity index (χ0n) is 22.9. The summed E-state index contributed by atoms with van der Waals surface area (Å²) in [6.45, 7) is 5.78. The number of hydrogen-bond acceptors (Lipinski definition) is 7. The van der Waals surface area contributed by atoms with E-state index in [1.165, 1.54) is 11.3 Å². The molecule has 1 amide bonds. The molecule has 2 heterocycles. The van der Waals surface area contributed by atoms with Gasteiger partial charge in [-0.3, -0.25) is 14.2 Å². The van der Waals surface area contributed by atoms with Crippen molar-refractivity contribution in [1.82, 2.24) is 4.57 Å². The first kappa shape index (κ1) is 27.7. The van der Waals surface area contributed by atoms with Gasteiger partial charge in [0.2, 0.25) is 0 Å². The number of carbonyl (C=O) groups is 1. The highest BCUT2D eigenvalue weighted by molar-refractivity contribution is 7.07. The Morgan fingerprint density at radius 3 is 2.59 bits per heavy atom. The molecule has 1 N–H and O–H groups in total. The van der Waals surface area contributed by atoms with E-state index in [9.17, 15) is 9.59 Å². The number of carbonyl (C=O) groups excluding carboxylic acids is 1. The van der Waals surface area contributed by atoms with E-state index in [1.54, 1.807) is 43.9 Å². The second-order valence-electron chi connectivity index (χ2n) is 9.16. The number of para-hydroxylation sites is 2. The molecule has 0 spiro atoms. The number of hydrogen-bond donors (Lipinski definition) is 1. The van der Waals surface area contributed by atoms with E-state index in [1.807, 2.05) is 66.7 Å². The molecule has 0 fully saturated rings. The lowest BCUT2D eigenvalue weighted by atomic mass is 9.95. The van der Waals surface area contributed by atoms with Crippen molar-refractivity contribution in [2.75, 3.05) is 26.1 Å². The molecule has 0 radical (unpaired) electrons. The van der Waals surface area contributed by atoms with E-state index in [0.717, 1.165) is 5.56 Å². The van der Waals surface area contributed by atoms with Gasteiger partial charge in [0, 0.05) is 11.3 Å². The molecule has 0 saturated carbocycles. The number of ether oxygens (including phenoxy) is 3. The van der Waals surface area contributed by atoms with Crippen molar-refractivity contribution < 1.29 is 19.0 Å². The second-order valence-corrected chi connectivity index (χ2v) is 10.2. The van der Waals surface area contributed by atoms with Gasteiger partial charge in [-0.25, -0.2) is 4.99 Å². The molecule has 0 saturated heterocycles. The zero-order chi connectivity index (χ0) is 28.9. The van der Waals surface area contributed by atoms with Gasteiger partial charge in [-0.05, 0) is 48.9 Å². The molecule has 4 aromatic rings. The summed E-state index contributed by atoms with van der Waals surface area (Å²) in [7, 11) is 3.14. The van der Waals surface area contributed by atoms with Gasteiger partial charge in [0.1, 0.15) is 12.4 Å². The van der Waals surface area contributed by atoms with E-state index in [2.05, 4.69) is 11.9 Å². The van der Waals surface area contributed by atoms with Crippen molar-refractivity contribution in [2.45, 2.75) is 13.0 Å². The number of nitrogens with zero attached hydrogens (tertiary/aromatic N) is 2. The van der Waals surface area contributed by atoms with Gasteiger partial charge >= 0.3 is 0 Å². The summed E-state index contributed by atoms with van der Waals surface area (Å²) in [5.41, 5.74) is 2.65. The van der Waals surface area contributed by atoms with Crippen LogP contribution in [0.4, 0.5) is 5.69 Å². The second kappa shape index (κ2) is 12.1. The maximum Gasteiger partial charge on any atom is 0.271 e. The van der Waals surface area contributed by atoms with Crippen molar-refractivity contribution in [3.63, 3.8) is 0 Å². The first-order chi connectivity index (χ1) is 19.9. The van der Waals surface area contributed by atoms with Gasteiger partial charge in [0.15, 0.2) is 16.3 Å². The monoisotopic (exact) mass is 567 g/mol. The maximum atomic E-state index is 14.1. The maximum absolute atomic E-state index is 14.1. The van der Waals surface area contributed by atoms with Crippen LogP contribution < -0.4 is 34.4 Å². The fourth-order valence-electron chi connectivity index (χ4n) is 4.70. The van der Waals surface area contributed by atoms with Crippen molar-refractivity contribution in [2.24, 2.45) is 4.99 Å². The van der Waals surface area contributed by atoms with Crippen LogP contribution in [0.15, 0.2) is 107 Å². The van der Waals surface area contributed by atoms with E-state index < -0.39 is 6.04 Å². The van der Waals surface area contributed by atoms with Crippen LogP contribution in [0.1, 0.15) is 24.1 Å². The number of rotatable bonds is 9. The van der Waals surface area contributed by atoms with Crippen LogP contribution >= 0.6 is 11.3 Å². The Kier molecular flexibility index (Phi) is 8.16. The topological polar surface area (TPSA) is 91.2 Å². The Labute approximate surface area is 241 Å². The summed E-state index contributed by atoms with van der Waals surface area (Å²) < 4.78 is 18.9. The van der Waals surface area contributed by atoms with E-state index in [4.69, 9.17) is 19.2 Å². The highest BCUT2D eigenvalue weighted by Crippen LogP contribution is 2.33. The lowest BCUT2D eigenvalue weighted by Crippen LogP contribution is -2.40. The number of methoxy groups -OCH3 is 2. The smallest absolute Gasteiger partial charge is 0.271 e. The standard InChI is InChI=1S/C32H29N3O5S/c1-5-17-40-29-22(12-10-16-25(29)39-4)19-26-31(37)35-28(21-11-9-15-24(18-21)38-3)27(20(2)33-32(35)41-26)30(36)34-23-13-7-6-8-14-23/h5-16,18-19,28H,1,17H2,2-4H3,(H,34,36)/b26-19-/t28-/m1/s1. The fraction of sp³-hybridized carbons (Fsp3) is 0.156. The number of anilines is 1. The van der Waals surface area contributed by atoms with Crippen LogP contribution in [0.5, 0.6) is 17.2 Å². The molecule has 0 bridgehead atoms. The molecule has 9 heteroatoms. The van der Waals surface area contributed by atoms with Crippen LogP contribution in [0.2, 0.25) is 0 Å². The minimum Gasteiger partial charge on any atom is -0.497 e. The van der Waals surface area contributed by atoms with Crippen molar-refractivity contribution in [3.8, 4) is 17.2 Å². The average molecular weight is 568 g/mol. The summed E-state index contributed by atoms with van der Waals surface area (Å²) in [5, 5.41) is 2.96. The Bertz CT molecular complexity index is 1820. The molecule has 3 aromatic carbocycles. The van der Waals surface area contributed by atoms with Gasteiger partial charge in [0.05, 0.1) is 36.1 Å². The summed E-state index contributed by atoms with van der Waals surface area (Å²) in [6.07, 6.45) is 3.40. The number of thiazole rings is 1. The van der Waals surface area contributed by atoms with Crippen molar-refractivity contribution in [3.05, 3.63) is 128 Å². The molecule has 8 nitrogen and oxygen atoms in total. The van der Waals surface area contributed by atoms with Gasteiger partial charge in [-0.15, -0.1) is 0 Å². The molecule has 208 valence electrons. The Balaban J connectivity index is 1.69. The SMILES string of the molecule is C=CCOc1c(/C=c2\sc3n(c2=O)[C@H](c2cccc(OC)c2)C(C(=O)Nc2ccccc2)=C(C)N=3)cccc1OC. The summed E-state index contributed by atoms with van der Waals surface area (Å²) in [5.74, 6) is 1.32. The third kappa shape index (κ3) is 5.57. The minimum absolute atomic E-state index is 0.275. The van der Waals surface area contributed by atoms with Gasteiger partial charge in [-0.1, -0.05) is 66.5 Å². The molecule has 0 unspecified atom stereocenters. The molecule has 0 aliphatic carbocycles.